The van der Waals surface area contributed by atoms with Gasteiger partial charge in [0.25, 0.3) is 0 Å². The number of hydrogen-bond acceptors (Lipinski definition) is 7. The molecule has 0 spiro atoms. The Kier molecular flexibility index (Phi) is 5.15. The SMILES string of the molecule is CN(C)CC1(O)CCN(c2nccc(-c3cc(C(=O)O)ccn3)n2)CC1. The number of anilines is 1. The second-order valence-corrected chi connectivity index (χ2v) is 6.93. The Morgan fingerprint density at radius 3 is 2.54 bits per heavy atom. The van der Waals surface area contributed by atoms with E-state index in [2.05, 4.69) is 15.0 Å². The number of aromatic nitrogens is 3. The third kappa shape index (κ3) is 4.14. The predicted octanol–water partition coefficient (Wildman–Crippen LogP) is 1.13. The molecule has 1 saturated heterocycles. The standard InChI is InChI=1S/C18H23N5O3/c1-22(2)12-18(26)5-9-23(10-6-18)17-20-8-4-14(21-17)15-11-13(16(24)25)3-7-19-15/h3-4,7-8,11,26H,5-6,9-10,12H2,1-2H3,(H,24,25). The summed E-state index contributed by atoms with van der Waals surface area (Å²) in [6.45, 7) is 1.96. The Balaban J connectivity index is 1.76. The van der Waals surface area contributed by atoms with E-state index in [0.717, 1.165) is 0 Å². The number of likely N-dealkylation sites (N-methyl/N-ethyl adjacent to an activating group) is 1. The molecule has 0 radical (unpaired) electrons. The minimum Gasteiger partial charge on any atom is -0.478 e. The highest BCUT2D eigenvalue weighted by Gasteiger charge is 2.33. The molecule has 3 rings (SSSR count). The lowest BCUT2D eigenvalue weighted by molar-refractivity contribution is -0.00558. The van der Waals surface area contributed by atoms with E-state index in [4.69, 9.17) is 5.11 Å². The fourth-order valence-corrected chi connectivity index (χ4v) is 3.22. The molecule has 0 aromatic carbocycles. The molecule has 2 aromatic heterocycles. The molecule has 0 saturated carbocycles. The molecule has 8 heteroatoms. The van der Waals surface area contributed by atoms with Crippen molar-refractivity contribution in [3.63, 3.8) is 0 Å². The van der Waals surface area contributed by atoms with Gasteiger partial charge in [0.05, 0.1) is 22.6 Å². The van der Waals surface area contributed by atoms with Crippen molar-refractivity contribution in [2.75, 3.05) is 38.6 Å². The smallest absolute Gasteiger partial charge is 0.335 e. The maximum absolute atomic E-state index is 11.1. The summed E-state index contributed by atoms with van der Waals surface area (Å²) >= 11 is 0. The van der Waals surface area contributed by atoms with Crippen LogP contribution in [0.15, 0.2) is 30.6 Å². The lowest BCUT2D eigenvalue weighted by Gasteiger charge is -2.39. The Morgan fingerprint density at radius 2 is 1.88 bits per heavy atom. The summed E-state index contributed by atoms with van der Waals surface area (Å²) in [5.74, 6) is -0.434. The largest absolute Gasteiger partial charge is 0.478 e. The second kappa shape index (κ2) is 7.35. The van der Waals surface area contributed by atoms with Gasteiger partial charge in [-0.15, -0.1) is 0 Å². The van der Waals surface area contributed by atoms with Crippen molar-refractivity contribution in [1.82, 2.24) is 19.9 Å². The van der Waals surface area contributed by atoms with Crippen molar-refractivity contribution < 1.29 is 15.0 Å². The molecular weight excluding hydrogens is 334 g/mol. The van der Waals surface area contributed by atoms with Crippen molar-refractivity contribution in [2.45, 2.75) is 18.4 Å². The predicted molar refractivity (Wildman–Crippen MR) is 97.2 cm³/mol. The summed E-state index contributed by atoms with van der Waals surface area (Å²) in [6, 6.07) is 4.66. The van der Waals surface area contributed by atoms with Crippen LogP contribution in [0.1, 0.15) is 23.2 Å². The molecule has 3 heterocycles. The van der Waals surface area contributed by atoms with Crippen LogP contribution in [-0.2, 0) is 0 Å². The molecule has 138 valence electrons. The Bertz CT molecular complexity index is 788. The van der Waals surface area contributed by atoms with Crippen molar-refractivity contribution >= 4 is 11.9 Å². The highest BCUT2D eigenvalue weighted by atomic mass is 16.4. The molecule has 26 heavy (non-hydrogen) atoms. The molecule has 1 aliphatic rings. The van der Waals surface area contributed by atoms with E-state index in [1.807, 2.05) is 23.9 Å². The van der Waals surface area contributed by atoms with Gasteiger partial charge < -0.3 is 20.0 Å². The van der Waals surface area contributed by atoms with Gasteiger partial charge in [-0.1, -0.05) is 0 Å². The number of carbonyl (C=O) groups is 1. The fourth-order valence-electron chi connectivity index (χ4n) is 3.22. The maximum Gasteiger partial charge on any atom is 0.335 e. The molecule has 1 aliphatic heterocycles. The van der Waals surface area contributed by atoms with Gasteiger partial charge in [-0.3, -0.25) is 4.98 Å². The van der Waals surface area contributed by atoms with E-state index in [9.17, 15) is 9.90 Å². The highest BCUT2D eigenvalue weighted by molar-refractivity contribution is 5.88. The molecular formula is C18H23N5O3. The number of pyridine rings is 1. The van der Waals surface area contributed by atoms with Crippen molar-refractivity contribution in [3.05, 3.63) is 36.2 Å². The average Bonchev–Trinajstić information content (AvgIpc) is 2.61. The van der Waals surface area contributed by atoms with Crippen LogP contribution in [0.3, 0.4) is 0 Å². The van der Waals surface area contributed by atoms with E-state index in [1.54, 1.807) is 12.3 Å². The summed E-state index contributed by atoms with van der Waals surface area (Å²) in [4.78, 5) is 28.3. The zero-order chi connectivity index (χ0) is 18.7. The van der Waals surface area contributed by atoms with Crippen LogP contribution < -0.4 is 4.90 Å². The van der Waals surface area contributed by atoms with Crippen LogP contribution >= 0.6 is 0 Å². The van der Waals surface area contributed by atoms with Gasteiger partial charge in [0.1, 0.15) is 0 Å². The number of nitrogens with zero attached hydrogens (tertiary/aromatic N) is 5. The number of piperidine rings is 1. The lowest BCUT2D eigenvalue weighted by Crippen LogP contribution is -2.50. The number of aromatic carboxylic acids is 1. The van der Waals surface area contributed by atoms with Gasteiger partial charge in [-0.2, -0.15) is 0 Å². The van der Waals surface area contributed by atoms with Crippen LogP contribution in [0.4, 0.5) is 5.95 Å². The Labute approximate surface area is 152 Å². The summed E-state index contributed by atoms with van der Waals surface area (Å²) in [6.07, 6.45) is 4.40. The van der Waals surface area contributed by atoms with Crippen LogP contribution in [0.2, 0.25) is 0 Å². The zero-order valence-electron chi connectivity index (χ0n) is 15.0. The van der Waals surface area contributed by atoms with Crippen LogP contribution in [0, 0.1) is 0 Å². The van der Waals surface area contributed by atoms with Gasteiger partial charge in [0.2, 0.25) is 5.95 Å². The fraction of sp³-hybridized carbons (Fsp3) is 0.444. The number of aliphatic hydroxyl groups is 1. The normalized spacial score (nSPS) is 16.7. The number of carboxylic acid groups (broad SMARTS) is 1. The molecule has 0 aliphatic carbocycles. The van der Waals surface area contributed by atoms with Gasteiger partial charge in [-0.25, -0.2) is 14.8 Å². The van der Waals surface area contributed by atoms with Crippen LogP contribution in [0.25, 0.3) is 11.4 Å². The molecule has 0 atom stereocenters. The number of rotatable bonds is 5. The van der Waals surface area contributed by atoms with Crippen molar-refractivity contribution in [2.24, 2.45) is 0 Å². The van der Waals surface area contributed by atoms with Crippen molar-refractivity contribution in [1.29, 1.82) is 0 Å². The average molecular weight is 357 g/mol. The third-order valence-electron chi connectivity index (χ3n) is 4.50. The van der Waals surface area contributed by atoms with Gasteiger partial charge in [-0.05, 0) is 45.1 Å². The monoisotopic (exact) mass is 357 g/mol. The topological polar surface area (TPSA) is 103 Å². The van der Waals surface area contributed by atoms with E-state index < -0.39 is 11.6 Å². The number of hydrogen-bond donors (Lipinski definition) is 2. The summed E-state index contributed by atoms with van der Waals surface area (Å²) in [5.41, 5.74) is 0.554. The van der Waals surface area contributed by atoms with Crippen LogP contribution in [-0.4, -0.2) is 75.4 Å². The highest BCUT2D eigenvalue weighted by Crippen LogP contribution is 2.26. The first-order chi connectivity index (χ1) is 12.4. The number of carboxylic acids is 1. The minimum absolute atomic E-state index is 0.168. The van der Waals surface area contributed by atoms with Gasteiger partial charge in [0, 0.05) is 32.0 Å². The molecule has 8 nitrogen and oxygen atoms in total. The van der Waals surface area contributed by atoms with E-state index in [-0.39, 0.29) is 5.56 Å². The van der Waals surface area contributed by atoms with E-state index in [0.29, 0.717) is 49.8 Å². The Morgan fingerprint density at radius 1 is 1.19 bits per heavy atom. The molecule has 2 N–H and O–H groups in total. The third-order valence-corrected chi connectivity index (χ3v) is 4.50. The van der Waals surface area contributed by atoms with Gasteiger partial charge in [0.15, 0.2) is 0 Å². The molecule has 0 amide bonds. The van der Waals surface area contributed by atoms with Crippen molar-refractivity contribution in [3.8, 4) is 11.4 Å². The molecule has 2 aromatic rings. The molecule has 1 fully saturated rings. The lowest BCUT2D eigenvalue weighted by atomic mass is 9.91. The zero-order valence-corrected chi connectivity index (χ0v) is 15.0. The first-order valence-electron chi connectivity index (χ1n) is 8.51. The maximum atomic E-state index is 11.1. The van der Waals surface area contributed by atoms with Gasteiger partial charge >= 0.3 is 5.97 Å². The molecule has 0 bridgehead atoms. The first kappa shape index (κ1) is 18.2. The van der Waals surface area contributed by atoms with E-state index in [1.165, 1.54) is 18.3 Å². The first-order valence-corrected chi connectivity index (χ1v) is 8.51. The minimum atomic E-state index is -1.00. The Hall–Kier alpha value is -2.58. The second-order valence-electron chi connectivity index (χ2n) is 6.93. The summed E-state index contributed by atoms with van der Waals surface area (Å²) in [5, 5.41) is 19.8. The molecule has 0 unspecified atom stereocenters. The quantitative estimate of drug-likeness (QED) is 0.821. The summed E-state index contributed by atoms with van der Waals surface area (Å²) in [7, 11) is 3.91. The van der Waals surface area contributed by atoms with E-state index >= 15 is 0 Å². The van der Waals surface area contributed by atoms with Crippen LogP contribution in [0.5, 0.6) is 0 Å². The summed E-state index contributed by atoms with van der Waals surface area (Å²) < 4.78 is 0.